The van der Waals surface area contributed by atoms with Crippen molar-refractivity contribution < 1.29 is 24.6 Å². The molecule has 38 heavy (non-hydrogen) atoms. The number of carboxylic acids is 1. The third-order valence-corrected chi connectivity index (χ3v) is 9.14. The number of aliphatic hydroxyl groups excluding tert-OH is 1. The number of amides is 2. The first-order valence-electron chi connectivity index (χ1n) is 12.7. The van der Waals surface area contributed by atoms with Crippen LogP contribution in [0.3, 0.4) is 0 Å². The Morgan fingerprint density at radius 1 is 1.13 bits per heavy atom. The zero-order chi connectivity index (χ0) is 27.1. The summed E-state index contributed by atoms with van der Waals surface area (Å²) in [6, 6.07) is 11.4. The van der Waals surface area contributed by atoms with Crippen LogP contribution in [-0.4, -0.2) is 59.9 Å². The molecular formula is C27H32N4O5S2. The number of aliphatic carboxylic acids is 1. The average molecular weight is 557 g/mol. The van der Waals surface area contributed by atoms with Gasteiger partial charge in [0.15, 0.2) is 0 Å². The first-order valence-corrected chi connectivity index (χ1v) is 14.3. The van der Waals surface area contributed by atoms with Crippen molar-refractivity contribution in [2.24, 2.45) is 16.6 Å². The van der Waals surface area contributed by atoms with Crippen LogP contribution in [0.15, 0.2) is 41.4 Å². The highest BCUT2D eigenvalue weighted by Gasteiger charge is 2.29. The number of rotatable bonds is 9. The number of nitrogens with one attached hydrogen (secondary N) is 2. The number of nitrogens with two attached hydrogens (primary N) is 1. The van der Waals surface area contributed by atoms with E-state index in [1.807, 2.05) is 24.3 Å². The molecular weight excluding hydrogens is 524 g/mol. The second-order valence-corrected chi connectivity index (χ2v) is 11.8. The minimum atomic E-state index is -0.902. The Bertz CT molecular complexity index is 1290. The van der Waals surface area contributed by atoms with Crippen LogP contribution in [0.5, 0.6) is 0 Å². The first-order chi connectivity index (χ1) is 18.4. The molecule has 1 saturated heterocycles. The van der Waals surface area contributed by atoms with E-state index in [0.717, 1.165) is 42.1 Å². The van der Waals surface area contributed by atoms with Crippen molar-refractivity contribution in [2.75, 3.05) is 26.2 Å². The molecule has 1 atom stereocenters. The highest BCUT2D eigenvalue weighted by Crippen LogP contribution is 2.35. The van der Waals surface area contributed by atoms with Gasteiger partial charge in [-0.15, -0.1) is 22.7 Å². The number of hydrogen-bond donors (Lipinski definition) is 5. The standard InChI is InChI=1S/C17H22N2O3S2.C10H10N2O2/c20-15(21)5-8-19-16(22)14-10-12-9-13(23-17(12)24-14)2-1-11-3-6-18-7-4-11;11-10(14)9-7(5-13)6-3-1-2-4-8(6)12-9/h9-11,18H,1-8H2,(H,19,22)(H,20,21);1-4,7,13H,5H2,(H2,11,14). The molecule has 2 aliphatic heterocycles. The van der Waals surface area contributed by atoms with Crippen molar-refractivity contribution in [1.82, 2.24) is 10.6 Å². The maximum absolute atomic E-state index is 12.0. The van der Waals surface area contributed by atoms with Crippen molar-refractivity contribution in [3.05, 3.63) is 51.7 Å². The summed E-state index contributed by atoms with van der Waals surface area (Å²) >= 11 is 3.28. The number of hydrogen-bond acceptors (Lipinski definition) is 8. The molecule has 1 fully saturated rings. The van der Waals surface area contributed by atoms with Crippen molar-refractivity contribution in [3.8, 4) is 0 Å². The maximum Gasteiger partial charge on any atom is 0.305 e. The summed E-state index contributed by atoms with van der Waals surface area (Å²) < 4.78 is 1.18. The summed E-state index contributed by atoms with van der Waals surface area (Å²) in [4.78, 5) is 39.7. The van der Waals surface area contributed by atoms with Crippen LogP contribution in [0.4, 0.5) is 5.69 Å². The summed E-state index contributed by atoms with van der Waals surface area (Å²) in [7, 11) is 0. The zero-order valence-electron chi connectivity index (χ0n) is 20.9. The number of piperidine rings is 1. The van der Waals surface area contributed by atoms with Gasteiger partial charge >= 0.3 is 5.97 Å². The lowest BCUT2D eigenvalue weighted by atomic mass is 9.93. The molecule has 202 valence electrons. The summed E-state index contributed by atoms with van der Waals surface area (Å²) in [6.07, 6.45) is 4.88. The third-order valence-electron chi connectivity index (χ3n) is 6.69. The number of aliphatic imine (C=N–C) groups is 1. The number of para-hydroxylation sites is 1. The number of aryl methyl sites for hydroxylation is 1. The number of benzene rings is 1. The molecule has 0 aliphatic carbocycles. The number of primary amides is 1. The lowest BCUT2D eigenvalue weighted by Crippen LogP contribution is -2.28. The van der Waals surface area contributed by atoms with E-state index >= 15 is 0 Å². The summed E-state index contributed by atoms with van der Waals surface area (Å²) in [5, 5.41) is 24.9. The molecule has 2 amide bonds. The summed E-state index contributed by atoms with van der Waals surface area (Å²) in [5.74, 6) is -1.17. The van der Waals surface area contributed by atoms with E-state index in [0.29, 0.717) is 4.88 Å². The SMILES string of the molecule is NC(=O)C1=Nc2ccccc2C1CO.O=C(O)CCNC(=O)c1cc2cc(CCC3CCNCC3)sc2s1. The van der Waals surface area contributed by atoms with Crippen LogP contribution in [0, 0.1) is 5.92 Å². The highest BCUT2D eigenvalue weighted by atomic mass is 32.2. The summed E-state index contributed by atoms with van der Waals surface area (Å²) in [5.41, 5.74) is 6.99. The molecule has 11 heteroatoms. The number of aliphatic hydroxyl groups is 1. The number of nitrogens with zero attached hydrogens (tertiary/aromatic N) is 1. The Kier molecular flexibility index (Phi) is 9.62. The van der Waals surface area contributed by atoms with E-state index in [-0.39, 0.29) is 37.1 Å². The van der Waals surface area contributed by atoms with Gasteiger partial charge in [-0.1, -0.05) is 18.2 Å². The molecule has 2 aliphatic rings. The van der Waals surface area contributed by atoms with Gasteiger partial charge in [0.05, 0.1) is 33.5 Å². The van der Waals surface area contributed by atoms with Crippen LogP contribution < -0.4 is 16.4 Å². The third kappa shape index (κ3) is 7.04. The smallest absolute Gasteiger partial charge is 0.305 e. The highest BCUT2D eigenvalue weighted by molar-refractivity contribution is 7.39. The fraction of sp³-hybridized carbons (Fsp3) is 0.407. The lowest BCUT2D eigenvalue weighted by molar-refractivity contribution is -0.136. The van der Waals surface area contributed by atoms with Gasteiger partial charge in [-0.2, -0.15) is 0 Å². The molecule has 3 aromatic rings. The van der Waals surface area contributed by atoms with Crippen LogP contribution in [0.25, 0.3) is 9.40 Å². The van der Waals surface area contributed by atoms with Gasteiger partial charge in [0.25, 0.3) is 11.8 Å². The van der Waals surface area contributed by atoms with Crippen LogP contribution in [0.2, 0.25) is 0 Å². The predicted molar refractivity (Wildman–Crippen MR) is 151 cm³/mol. The van der Waals surface area contributed by atoms with E-state index in [1.54, 1.807) is 17.4 Å². The minimum Gasteiger partial charge on any atom is -0.481 e. The topological polar surface area (TPSA) is 154 Å². The molecule has 0 radical (unpaired) electrons. The van der Waals surface area contributed by atoms with Crippen molar-refractivity contribution >= 4 is 61.3 Å². The molecule has 0 bridgehead atoms. The quantitative estimate of drug-likeness (QED) is 0.272. The molecule has 6 N–H and O–H groups in total. The Morgan fingerprint density at radius 2 is 1.89 bits per heavy atom. The molecule has 5 rings (SSSR count). The van der Waals surface area contributed by atoms with Crippen LogP contribution >= 0.6 is 22.7 Å². The van der Waals surface area contributed by atoms with Gasteiger partial charge in [0.1, 0.15) is 5.71 Å². The molecule has 9 nitrogen and oxygen atoms in total. The van der Waals surface area contributed by atoms with Gasteiger partial charge < -0.3 is 26.6 Å². The van der Waals surface area contributed by atoms with Gasteiger partial charge in [-0.25, -0.2) is 4.99 Å². The summed E-state index contributed by atoms with van der Waals surface area (Å²) in [6.45, 7) is 2.31. The monoisotopic (exact) mass is 556 g/mol. The zero-order valence-corrected chi connectivity index (χ0v) is 22.6. The Hall–Kier alpha value is -3.12. The molecule has 0 spiro atoms. The van der Waals surface area contributed by atoms with Crippen LogP contribution in [0.1, 0.15) is 51.7 Å². The fourth-order valence-corrected chi connectivity index (χ4v) is 7.09. The number of carboxylic acid groups (broad SMARTS) is 1. The van der Waals surface area contributed by atoms with Gasteiger partial charge in [-0.05, 0) is 68.5 Å². The fourth-order valence-electron chi connectivity index (χ4n) is 4.66. The normalized spacial score (nSPS) is 16.9. The molecule has 1 unspecified atom stereocenters. The largest absolute Gasteiger partial charge is 0.481 e. The first kappa shape index (κ1) is 27.9. The van der Waals surface area contributed by atoms with Crippen molar-refractivity contribution in [3.63, 3.8) is 0 Å². The molecule has 4 heterocycles. The van der Waals surface area contributed by atoms with Gasteiger partial charge in [0, 0.05) is 16.8 Å². The second-order valence-electron chi connectivity index (χ2n) is 9.35. The van der Waals surface area contributed by atoms with E-state index in [4.69, 9.17) is 15.9 Å². The molecule has 2 aromatic heterocycles. The minimum absolute atomic E-state index is 0.0493. The Balaban J connectivity index is 0.000000204. The Labute approximate surface area is 228 Å². The van der Waals surface area contributed by atoms with Gasteiger partial charge in [-0.3, -0.25) is 14.4 Å². The predicted octanol–water partition coefficient (Wildman–Crippen LogP) is 3.43. The Morgan fingerprint density at radius 3 is 2.58 bits per heavy atom. The van der Waals surface area contributed by atoms with Crippen molar-refractivity contribution in [1.29, 1.82) is 0 Å². The molecule has 1 aromatic carbocycles. The maximum atomic E-state index is 12.0. The van der Waals surface area contributed by atoms with Crippen LogP contribution in [-0.2, 0) is 16.0 Å². The average Bonchev–Trinajstić information content (AvgIpc) is 3.59. The van der Waals surface area contributed by atoms with E-state index in [1.165, 1.54) is 39.5 Å². The number of carbonyl (C=O) groups excluding carboxylic acids is 2. The van der Waals surface area contributed by atoms with E-state index in [9.17, 15) is 14.4 Å². The second kappa shape index (κ2) is 13.1. The lowest BCUT2D eigenvalue weighted by Gasteiger charge is -2.22. The van der Waals surface area contributed by atoms with Crippen molar-refractivity contribution in [2.45, 2.75) is 38.0 Å². The number of thiophene rings is 2. The van der Waals surface area contributed by atoms with E-state index < -0.39 is 11.9 Å². The molecule has 0 saturated carbocycles. The van der Waals surface area contributed by atoms with Gasteiger partial charge in [0.2, 0.25) is 0 Å². The van der Waals surface area contributed by atoms with E-state index in [2.05, 4.69) is 21.7 Å². The number of fused-ring (bicyclic) bond motifs is 2. The number of carbonyl (C=O) groups is 3.